The second-order valence-electron chi connectivity index (χ2n) is 6.84. The third-order valence-electron chi connectivity index (χ3n) is 4.55. The summed E-state index contributed by atoms with van der Waals surface area (Å²) in [6.45, 7) is 5.03. The SMILES string of the molecule is Cc1nc2c(C)cc3ccc(-c4ccccc4)nc3n2c1CN(C)C. The summed E-state index contributed by atoms with van der Waals surface area (Å²) in [7, 11) is 4.17. The van der Waals surface area contributed by atoms with E-state index in [0.717, 1.165) is 40.2 Å². The summed E-state index contributed by atoms with van der Waals surface area (Å²) in [5.41, 5.74) is 7.53. The summed E-state index contributed by atoms with van der Waals surface area (Å²) in [6, 6.07) is 16.7. The van der Waals surface area contributed by atoms with Gasteiger partial charge < -0.3 is 4.90 Å². The highest BCUT2D eigenvalue weighted by atomic mass is 15.1. The van der Waals surface area contributed by atoms with Gasteiger partial charge in [-0.2, -0.15) is 0 Å². The van der Waals surface area contributed by atoms with Crippen LogP contribution in [0, 0.1) is 13.8 Å². The van der Waals surface area contributed by atoms with E-state index in [2.05, 4.69) is 67.6 Å². The Kier molecular flexibility index (Phi) is 3.77. The second kappa shape index (κ2) is 5.97. The van der Waals surface area contributed by atoms with Gasteiger partial charge in [0.05, 0.1) is 17.1 Å². The van der Waals surface area contributed by atoms with Gasteiger partial charge in [0.15, 0.2) is 0 Å². The van der Waals surface area contributed by atoms with E-state index >= 15 is 0 Å². The van der Waals surface area contributed by atoms with Crippen LogP contribution in [0.3, 0.4) is 0 Å². The van der Waals surface area contributed by atoms with Gasteiger partial charge in [0.1, 0.15) is 11.3 Å². The monoisotopic (exact) mass is 330 g/mol. The predicted molar refractivity (Wildman–Crippen MR) is 103 cm³/mol. The van der Waals surface area contributed by atoms with E-state index in [0.29, 0.717) is 0 Å². The molecule has 25 heavy (non-hydrogen) atoms. The van der Waals surface area contributed by atoms with Crippen LogP contribution in [0.15, 0.2) is 48.5 Å². The first kappa shape index (κ1) is 15.8. The summed E-state index contributed by atoms with van der Waals surface area (Å²) in [5.74, 6) is 0. The van der Waals surface area contributed by atoms with Gasteiger partial charge in [-0.1, -0.05) is 30.3 Å². The maximum absolute atomic E-state index is 5.00. The van der Waals surface area contributed by atoms with Gasteiger partial charge >= 0.3 is 0 Å². The standard InChI is InChI=1S/C21H22N4/c1-14-12-17-10-11-18(16-8-6-5-7-9-16)23-21(17)25-19(13-24(3)4)15(2)22-20(14)25/h5-12H,13H2,1-4H3. The fourth-order valence-corrected chi connectivity index (χ4v) is 3.36. The van der Waals surface area contributed by atoms with Crippen LogP contribution in [0.4, 0.5) is 0 Å². The maximum Gasteiger partial charge on any atom is 0.146 e. The Morgan fingerprint density at radius 2 is 1.68 bits per heavy atom. The van der Waals surface area contributed by atoms with Crippen LogP contribution >= 0.6 is 0 Å². The summed E-state index contributed by atoms with van der Waals surface area (Å²) >= 11 is 0. The molecule has 4 nitrogen and oxygen atoms in total. The molecule has 0 aliphatic heterocycles. The van der Waals surface area contributed by atoms with Crippen LogP contribution in [0.25, 0.3) is 27.9 Å². The lowest BCUT2D eigenvalue weighted by atomic mass is 10.1. The number of rotatable bonds is 3. The van der Waals surface area contributed by atoms with E-state index in [4.69, 9.17) is 9.97 Å². The molecule has 4 rings (SSSR count). The van der Waals surface area contributed by atoms with Crippen LogP contribution in [0.2, 0.25) is 0 Å². The van der Waals surface area contributed by atoms with E-state index in [1.165, 1.54) is 11.3 Å². The highest BCUT2D eigenvalue weighted by molar-refractivity contribution is 5.83. The van der Waals surface area contributed by atoms with Gasteiger partial charge in [0, 0.05) is 17.5 Å². The van der Waals surface area contributed by atoms with Gasteiger partial charge in [-0.3, -0.25) is 4.40 Å². The minimum atomic E-state index is 0.836. The van der Waals surface area contributed by atoms with Gasteiger partial charge in [-0.15, -0.1) is 0 Å². The molecule has 126 valence electrons. The third kappa shape index (κ3) is 2.68. The van der Waals surface area contributed by atoms with Crippen LogP contribution < -0.4 is 0 Å². The topological polar surface area (TPSA) is 33.4 Å². The molecule has 0 unspecified atom stereocenters. The zero-order valence-corrected chi connectivity index (χ0v) is 15.1. The van der Waals surface area contributed by atoms with Crippen molar-refractivity contribution in [3.8, 4) is 11.3 Å². The molecular formula is C21H22N4. The first-order valence-corrected chi connectivity index (χ1v) is 8.53. The number of aryl methyl sites for hydroxylation is 2. The first-order valence-electron chi connectivity index (χ1n) is 8.53. The van der Waals surface area contributed by atoms with Crippen molar-refractivity contribution in [1.82, 2.24) is 19.3 Å². The number of hydrogen-bond acceptors (Lipinski definition) is 3. The summed E-state index contributed by atoms with van der Waals surface area (Å²) in [4.78, 5) is 12.0. The molecule has 0 bridgehead atoms. The van der Waals surface area contributed by atoms with Crippen LogP contribution in [-0.2, 0) is 6.54 Å². The lowest BCUT2D eigenvalue weighted by Gasteiger charge is -2.13. The van der Waals surface area contributed by atoms with Gasteiger partial charge in [-0.05, 0) is 51.7 Å². The normalized spacial score (nSPS) is 11.7. The maximum atomic E-state index is 5.00. The first-order chi connectivity index (χ1) is 12.0. The van der Waals surface area contributed by atoms with Crippen molar-refractivity contribution in [2.45, 2.75) is 20.4 Å². The fraction of sp³-hybridized carbons (Fsp3) is 0.238. The number of benzene rings is 1. The van der Waals surface area contributed by atoms with E-state index < -0.39 is 0 Å². The number of hydrogen-bond donors (Lipinski definition) is 0. The molecule has 4 aromatic rings. The number of pyridine rings is 2. The average Bonchev–Trinajstić information content (AvgIpc) is 2.92. The zero-order valence-electron chi connectivity index (χ0n) is 15.1. The number of fused-ring (bicyclic) bond motifs is 3. The summed E-state index contributed by atoms with van der Waals surface area (Å²) in [6.07, 6.45) is 0. The van der Waals surface area contributed by atoms with Crippen molar-refractivity contribution in [3.05, 3.63) is 65.5 Å². The minimum absolute atomic E-state index is 0.836. The van der Waals surface area contributed by atoms with Gasteiger partial charge in [-0.25, -0.2) is 9.97 Å². The van der Waals surface area contributed by atoms with Gasteiger partial charge in [0.2, 0.25) is 0 Å². The second-order valence-corrected chi connectivity index (χ2v) is 6.84. The molecule has 0 radical (unpaired) electrons. The lowest BCUT2D eigenvalue weighted by molar-refractivity contribution is 0.395. The Labute approximate surface area is 147 Å². The highest BCUT2D eigenvalue weighted by Gasteiger charge is 2.15. The van der Waals surface area contributed by atoms with Crippen LogP contribution in [-0.4, -0.2) is 33.4 Å². The van der Waals surface area contributed by atoms with Crippen molar-refractivity contribution in [2.75, 3.05) is 14.1 Å². The third-order valence-corrected chi connectivity index (χ3v) is 4.55. The van der Waals surface area contributed by atoms with Crippen LogP contribution in [0.5, 0.6) is 0 Å². The smallest absolute Gasteiger partial charge is 0.146 e. The summed E-state index contributed by atoms with van der Waals surface area (Å²) < 4.78 is 2.23. The lowest BCUT2D eigenvalue weighted by Crippen LogP contribution is -2.14. The van der Waals surface area contributed by atoms with E-state index in [-0.39, 0.29) is 0 Å². The fourth-order valence-electron chi connectivity index (χ4n) is 3.36. The number of imidazole rings is 1. The van der Waals surface area contributed by atoms with Crippen molar-refractivity contribution in [1.29, 1.82) is 0 Å². The molecule has 4 heteroatoms. The molecule has 0 saturated carbocycles. The zero-order chi connectivity index (χ0) is 17.6. The molecule has 0 N–H and O–H groups in total. The van der Waals surface area contributed by atoms with Crippen molar-refractivity contribution in [2.24, 2.45) is 0 Å². The minimum Gasteiger partial charge on any atom is -0.304 e. The van der Waals surface area contributed by atoms with E-state index in [1.807, 2.05) is 18.2 Å². The Morgan fingerprint density at radius 1 is 0.920 bits per heavy atom. The summed E-state index contributed by atoms with van der Waals surface area (Å²) in [5, 5.41) is 1.14. The molecule has 0 amide bonds. The van der Waals surface area contributed by atoms with E-state index in [9.17, 15) is 0 Å². The van der Waals surface area contributed by atoms with Gasteiger partial charge in [0.25, 0.3) is 0 Å². The average molecular weight is 330 g/mol. The molecule has 0 aliphatic carbocycles. The molecule has 0 aliphatic rings. The van der Waals surface area contributed by atoms with E-state index in [1.54, 1.807) is 0 Å². The van der Waals surface area contributed by atoms with Crippen molar-refractivity contribution in [3.63, 3.8) is 0 Å². The Balaban J connectivity index is 2.06. The quantitative estimate of drug-likeness (QED) is 0.564. The highest BCUT2D eigenvalue weighted by Crippen LogP contribution is 2.26. The predicted octanol–water partition coefficient (Wildman–Crippen LogP) is 4.23. The number of nitrogens with zero attached hydrogens (tertiary/aromatic N) is 4. The molecule has 0 fully saturated rings. The Morgan fingerprint density at radius 3 is 2.40 bits per heavy atom. The molecule has 1 aromatic carbocycles. The molecule has 3 aromatic heterocycles. The Hall–Kier alpha value is -2.72. The molecular weight excluding hydrogens is 308 g/mol. The largest absolute Gasteiger partial charge is 0.304 e. The molecule has 3 heterocycles. The molecule has 0 atom stereocenters. The molecule has 0 saturated heterocycles. The van der Waals surface area contributed by atoms with Crippen molar-refractivity contribution < 1.29 is 0 Å². The van der Waals surface area contributed by atoms with Crippen LogP contribution in [0.1, 0.15) is 17.0 Å². The molecule has 0 spiro atoms. The van der Waals surface area contributed by atoms with Crippen molar-refractivity contribution >= 4 is 16.7 Å². The Bertz CT molecular complexity index is 1060. The number of aromatic nitrogens is 3.